The molecule has 1 atom stereocenters. The van der Waals surface area contributed by atoms with Gasteiger partial charge in [0.25, 0.3) is 0 Å². The standard InChI is InChI=1S/C28H38N6O4/c1-28(2,3)38-27(35)34-15-21(16-34)33-8-4-5-20(14-33)19-6-7-24-23(13-19)31-25-22(17-37-24)26(30-18-29-25)32-9-11-36-12-10-32/h6-7,13,18,20-21H,4-5,8-12,14-17H2,1-3H3,(H,29,30,31). The van der Waals surface area contributed by atoms with Crippen LogP contribution in [0.25, 0.3) is 0 Å². The van der Waals surface area contributed by atoms with Gasteiger partial charge in [0.05, 0.1) is 24.5 Å². The van der Waals surface area contributed by atoms with Crippen LogP contribution in [0.5, 0.6) is 5.75 Å². The fourth-order valence-electron chi connectivity index (χ4n) is 5.77. The fraction of sp³-hybridized carbons (Fsp3) is 0.607. The topological polar surface area (TPSA) is 92.3 Å². The van der Waals surface area contributed by atoms with E-state index >= 15 is 0 Å². The van der Waals surface area contributed by atoms with Crippen molar-refractivity contribution in [1.29, 1.82) is 0 Å². The van der Waals surface area contributed by atoms with Gasteiger partial charge >= 0.3 is 6.09 Å². The first-order valence-corrected chi connectivity index (χ1v) is 13.8. The number of rotatable bonds is 3. The Hall–Kier alpha value is -3.11. The lowest BCUT2D eigenvalue weighted by Gasteiger charge is -2.48. The third kappa shape index (κ3) is 5.24. The average molecular weight is 523 g/mol. The molecule has 38 heavy (non-hydrogen) atoms. The van der Waals surface area contributed by atoms with E-state index in [4.69, 9.17) is 14.2 Å². The number of hydrogen-bond donors (Lipinski definition) is 1. The highest BCUT2D eigenvalue weighted by molar-refractivity contribution is 5.72. The van der Waals surface area contributed by atoms with Crippen molar-refractivity contribution in [1.82, 2.24) is 19.8 Å². The van der Waals surface area contributed by atoms with E-state index < -0.39 is 5.60 Å². The number of nitrogens with zero attached hydrogens (tertiary/aromatic N) is 5. The highest BCUT2D eigenvalue weighted by Gasteiger charge is 2.39. The number of hydrogen-bond acceptors (Lipinski definition) is 9. The molecule has 0 aliphatic carbocycles. The molecule has 4 aliphatic heterocycles. The van der Waals surface area contributed by atoms with Crippen molar-refractivity contribution in [3.05, 3.63) is 35.7 Å². The van der Waals surface area contributed by atoms with Crippen molar-refractivity contribution < 1.29 is 19.0 Å². The first-order valence-electron chi connectivity index (χ1n) is 13.8. The molecule has 4 aliphatic rings. The Balaban J connectivity index is 1.13. The average Bonchev–Trinajstić information content (AvgIpc) is 3.06. The highest BCUT2D eigenvalue weighted by Crippen LogP contribution is 2.39. The third-order valence-corrected chi connectivity index (χ3v) is 7.82. The molecule has 5 heterocycles. The molecule has 1 N–H and O–H groups in total. The predicted octanol–water partition coefficient (Wildman–Crippen LogP) is 3.75. The monoisotopic (exact) mass is 522 g/mol. The Bertz CT molecular complexity index is 1170. The number of aromatic nitrogens is 2. The molecule has 3 fully saturated rings. The Morgan fingerprint density at radius 2 is 1.92 bits per heavy atom. The van der Waals surface area contributed by atoms with Gasteiger partial charge in [-0.3, -0.25) is 4.90 Å². The van der Waals surface area contributed by atoms with Crippen molar-refractivity contribution in [3.8, 4) is 5.75 Å². The molecule has 10 nitrogen and oxygen atoms in total. The number of anilines is 3. The van der Waals surface area contributed by atoms with Gasteiger partial charge in [-0.25, -0.2) is 14.8 Å². The summed E-state index contributed by atoms with van der Waals surface area (Å²) < 4.78 is 17.3. The van der Waals surface area contributed by atoms with Crippen LogP contribution in [0.3, 0.4) is 0 Å². The van der Waals surface area contributed by atoms with E-state index in [-0.39, 0.29) is 6.09 Å². The van der Waals surface area contributed by atoms with Crippen LogP contribution in [-0.2, 0) is 16.1 Å². The summed E-state index contributed by atoms with van der Waals surface area (Å²) in [5, 5.41) is 3.55. The second-order valence-electron chi connectivity index (χ2n) is 11.7. The van der Waals surface area contributed by atoms with E-state index in [1.807, 2.05) is 25.7 Å². The Morgan fingerprint density at radius 3 is 2.71 bits per heavy atom. The zero-order valence-corrected chi connectivity index (χ0v) is 22.6. The summed E-state index contributed by atoms with van der Waals surface area (Å²) in [6.45, 7) is 12.7. The number of carbonyl (C=O) groups is 1. The first kappa shape index (κ1) is 25.2. The first-order chi connectivity index (χ1) is 18.3. The Morgan fingerprint density at radius 1 is 1.11 bits per heavy atom. The molecule has 3 saturated heterocycles. The molecule has 204 valence electrons. The number of carbonyl (C=O) groups excluding carboxylic acids is 1. The molecule has 1 aromatic carbocycles. The molecule has 0 saturated carbocycles. The molecule has 0 bridgehead atoms. The number of piperidine rings is 1. The zero-order valence-electron chi connectivity index (χ0n) is 22.6. The maximum Gasteiger partial charge on any atom is 0.410 e. The van der Waals surface area contributed by atoms with E-state index in [1.165, 1.54) is 5.56 Å². The van der Waals surface area contributed by atoms with Crippen molar-refractivity contribution in [2.75, 3.05) is 62.7 Å². The Labute approximate surface area is 224 Å². The summed E-state index contributed by atoms with van der Waals surface area (Å²) in [4.78, 5) is 28.1. The maximum atomic E-state index is 12.4. The largest absolute Gasteiger partial charge is 0.486 e. The third-order valence-electron chi connectivity index (χ3n) is 7.82. The lowest BCUT2D eigenvalue weighted by atomic mass is 9.88. The molecule has 1 aromatic heterocycles. The van der Waals surface area contributed by atoms with E-state index in [0.29, 0.717) is 31.8 Å². The SMILES string of the molecule is CC(C)(C)OC(=O)N1CC(N2CCCC(c3ccc4c(c3)Nc3ncnc(N5CCOCC5)c3CO4)C2)C1. The number of likely N-dealkylation sites (tertiary alicyclic amines) is 2. The second kappa shape index (κ2) is 10.2. The van der Waals surface area contributed by atoms with Gasteiger partial charge < -0.3 is 29.3 Å². The van der Waals surface area contributed by atoms with Crippen molar-refractivity contribution in [2.45, 2.75) is 57.8 Å². The summed E-state index contributed by atoms with van der Waals surface area (Å²) >= 11 is 0. The summed E-state index contributed by atoms with van der Waals surface area (Å²) in [5.74, 6) is 2.99. The van der Waals surface area contributed by atoms with Gasteiger partial charge in [0.15, 0.2) is 0 Å². The highest BCUT2D eigenvalue weighted by atomic mass is 16.6. The van der Waals surface area contributed by atoms with Crippen LogP contribution < -0.4 is 15.0 Å². The van der Waals surface area contributed by atoms with Gasteiger partial charge in [-0.05, 0) is 63.8 Å². The number of nitrogens with one attached hydrogen (secondary N) is 1. The smallest absolute Gasteiger partial charge is 0.410 e. The molecule has 10 heteroatoms. The van der Waals surface area contributed by atoms with Crippen LogP contribution in [0.15, 0.2) is 24.5 Å². The van der Waals surface area contributed by atoms with Gasteiger partial charge in [-0.2, -0.15) is 0 Å². The van der Waals surface area contributed by atoms with E-state index in [2.05, 4.69) is 43.3 Å². The quantitative estimate of drug-likeness (QED) is 0.647. The normalized spacial score (nSPS) is 22.3. The number of amides is 1. The summed E-state index contributed by atoms with van der Waals surface area (Å²) in [5.41, 5.74) is 2.77. The maximum absolute atomic E-state index is 12.4. The zero-order chi connectivity index (χ0) is 26.3. The van der Waals surface area contributed by atoms with Gasteiger partial charge in [0.2, 0.25) is 0 Å². The minimum absolute atomic E-state index is 0.208. The molecule has 1 amide bonds. The van der Waals surface area contributed by atoms with Crippen LogP contribution >= 0.6 is 0 Å². The van der Waals surface area contributed by atoms with Crippen LogP contribution in [0.1, 0.15) is 50.7 Å². The van der Waals surface area contributed by atoms with Crippen LogP contribution in [0.2, 0.25) is 0 Å². The number of ether oxygens (including phenoxy) is 3. The molecule has 0 spiro atoms. The predicted molar refractivity (Wildman–Crippen MR) is 144 cm³/mol. The molecular weight excluding hydrogens is 484 g/mol. The van der Waals surface area contributed by atoms with Gasteiger partial charge in [0.1, 0.15) is 35.9 Å². The summed E-state index contributed by atoms with van der Waals surface area (Å²) in [6, 6.07) is 6.91. The molecular formula is C28H38N6O4. The van der Waals surface area contributed by atoms with Crippen LogP contribution in [0, 0.1) is 0 Å². The lowest BCUT2D eigenvalue weighted by molar-refractivity contribution is -0.0202. The number of fused-ring (bicyclic) bond motifs is 2. The lowest BCUT2D eigenvalue weighted by Crippen LogP contribution is -2.62. The van der Waals surface area contributed by atoms with Crippen molar-refractivity contribution in [3.63, 3.8) is 0 Å². The fourth-order valence-corrected chi connectivity index (χ4v) is 5.77. The molecule has 2 aromatic rings. The Kier molecular flexibility index (Phi) is 6.77. The second-order valence-corrected chi connectivity index (χ2v) is 11.7. The van der Waals surface area contributed by atoms with Gasteiger partial charge in [-0.15, -0.1) is 0 Å². The molecule has 1 unspecified atom stereocenters. The minimum atomic E-state index is -0.460. The van der Waals surface area contributed by atoms with E-state index in [9.17, 15) is 4.79 Å². The van der Waals surface area contributed by atoms with E-state index in [1.54, 1.807) is 6.33 Å². The molecule has 0 radical (unpaired) electrons. The number of benzene rings is 1. The van der Waals surface area contributed by atoms with Crippen molar-refractivity contribution >= 4 is 23.4 Å². The van der Waals surface area contributed by atoms with Gasteiger partial charge in [0, 0.05) is 38.8 Å². The van der Waals surface area contributed by atoms with Crippen molar-refractivity contribution in [2.24, 2.45) is 0 Å². The molecule has 6 rings (SSSR count). The van der Waals surface area contributed by atoms with Gasteiger partial charge in [-0.1, -0.05) is 6.07 Å². The minimum Gasteiger partial charge on any atom is -0.486 e. The van der Waals surface area contributed by atoms with Crippen LogP contribution in [-0.4, -0.2) is 90.0 Å². The summed E-state index contributed by atoms with van der Waals surface area (Å²) in [6.07, 6.45) is 3.72. The summed E-state index contributed by atoms with van der Waals surface area (Å²) in [7, 11) is 0. The van der Waals surface area contributed by atoms with Crippen LogP contribution in [0.4, 0.5) is 22.1 Å². The number of morpholine rings is 1. The van der Waals surface area contributed by atoms with E-state index in [0.717, 1.165) is 80.7 Å².